The molecule has 21 heavy (non-hydrogen) atoms. The molecule has 0 aliphatic carbocycles. The molecule has 0 unspecified atom stereocenters. The van der Waals surface area contributed by atoms with Gasteiger partial charge >= 0.3 is 5.97 Å². The number of methoxy groups -OCH3 is 2. The second kappa shape index (κ2) is 7.42. The largest absolute Gasteiger partial charge is 0.495 e. The molecule has 0 aliphatic rings. The first-order valence-corrected chi connectivity index (χ1v) is 8.13. The molecule has 0 aromatic heterocycles. The maximum absolute atomic E-state index is 11.9. The van der Waals surface area contributed by atoms with Crippen LogP contribution >= 0.6 is 11.6 Å². The molecule has 0 radical (unpaired) electrons. The molecule has 0 saturated heterocycles. The Hall–Kier alpha value is -1.60. The fourth-order valence-electron chi connectivity index (χ4n) is 1.54. The van der Waals surface area contributed by atoms with Crippen LogP contribution in [0.1, 0.15) is 16.8 Å². The Morgan fingerprint density at radius 3 is 2.43 bits per heavy atom. The molecule has 1 rings (SSSR count). The minimum atomic E-state index is -3.69. The number of sulfone groups is 1. The van der Waals surface area contributed by atoms with Gasteiger partial charge in [0.1, 0.15) is 11.5 Å². The average Bonchev–Trinajstić information content (AvgIpc) is 2.44. The van der Waals surface area contributed by atoms with Crippen LogP contribution in [0.25, 0.3) is 0 Å². The first-order chi connectivity index (χ1) is 9.79. The number of ether oxygens (including phenoxy) is 2. The maximum atomic E-state index is 11.9. The summed E-state index contributed by atoms with van der Waals surface area (Å²) in [6.45, 7) is 0. The minimum absolute atomic E-state index is 0.169. The van der Waals surface area contributed by atoms with Gasteiger partial charge in [0, 0.05) is 5.56 Å². The van der Waals surface area contributed by atoms with Crippen LogP contribution in [0.4, 0.5) is 0 Å². The molecule has 0 saturated carbocycles. The molecule has 0 spiro atoms. The summed E-state index contributed by atoms with van der Waals surface area (Å²) in [7, 11) is -1.09. The smallest absolute Gasteiger partial charge is 0.306 e. The summed E-state index contributed by atoms with van der Waals surface area (Å²) in [5, 5.41) is 0.218. The molecule has 6 nitrogen and oxygen atoms in total. The Bertz CT molecular complexity index is 638. The van der Waals surface area contributed by atoms with E-state index in [4.69, 9.17) is 16.3 Å². The van der Waals surface area contributed by atoms with Gasteiger partial charge in [-0.2, -0.15) is 0 Å². The molecule has 0 aliphatic heterocycles. The van der Waals surface area contributed by atoms with E-state index in [0.29, 0.717) is 5.75 Å². The van der Waals surface area contributed by atoms with E-state index in [1.807, 2.05) is 0 Å². The van der Waals surface area contributed by atoms with Gasteiger partial charge in [0.15, 0.2) is 15.6 Å². The van der Waals surface area contributed by atoms with Gasteiger partial charge in [-0.15, -0.1) is 0 Å². The third-order valence-corrected chi connectivity index (χ3v) is 4.49. The van der Waals surface area contributed by atoms with Crippen molar-refractivity contribution in [2.24, 2.45) is 0 Å². The lowest BCUT2D eigenvalue weighted by molar-refractivity contribution is -0.140. The fourth-order valence-corrected chi connectivity index (χ4v) is 2.98. The highest BCUT2D eigenvalue weighted by Crippen LogP contribution is 2.25. The van der Waals surface area contributed by atoms with E-state index in [0.717, 1.165) is 0 Å². The molecule has 1 aromatic carbocycles. The number of rotatable bonds is 7. The lowest BCUT2D eigenvalue weighted by Crippen LogP contribution is -2.21. The number of hydrogen-bond acceptors (Lipinski definition) is 6. The number of halogens is 1. The van der Waals surface area contributed by atoms with Crippen molar-refractivity contribution < 1.29 is 27.5 Å². The topological polar surface area (TPSA) is 86.7 Å². The van der Waals surface area contributed by atoms with Crippen molar-refractivity contribution in [1.82, 2.24) is 0 Å². The van der Waals surface area contributed by atoms with Crippen LogP contribution in [0.5, 0.6) is 5.75 Å². The molecule has 0 fully saturated rings. The van der Waals surface area contributed by atoms with Crippen molar-refractivity contribution in [1.29, 1.82) is 0 Å². The normalized spacial score (nSPS) is 11.0. The molecule has 0 amide bonds. The summed E-state index contributed by atoms with van der Waals surface area (Å²) in [4.78, 5) is 22.9. The van der Waals surface area contributed by atoms with Crippen LogP contribution in [0.3, 0.4) is 0 Å². The maximum Gasteiger partial charge on any atom is 0.306 e. The van der Waals surface area contributed by atoms with Gasteiger partial charge in [-0.3, -0.25) is 9.59 Å². The SMILES string of the molecule is COC(=O)CCS(=O)(=O)CC(=O)c1ccc(OC)c(Cl)c1. The summed E-state index contributed by atoms with van der Waals surface area (Å²) in [5.41, 5.74) is 0.169. The molecule has 0 N–H and O–H groups in total. The number of esters is 1. The van der Waals surface area contributed by atoms with Gasteiger partial charge < -0.3 is 9.47 Å². The van der Waals surface area contributed by atoms with Crippen LogP contribution in [0.2, 0.25) is 5.02 Å². The van der Waals surface area contributed by atoms with E-state index >= 15 is 0 Å². The zero-order chi connectivity index (χ0) is 16.0. The standard InChI is InChI=1S/C13H15ClO6S/c1-19-12-4-3-9(7-10(12)14)11(15)8-21(17,18)6-5-13(16)20-2/h3-4,7H,5-6,8H2,1-2H3. The van der Waals surface area contributed by atoms with Gasteiger partial charge in [-0.05, 0) is 18.2 Å². The first kappa shape index (κ1) is 17.5. The van der Waals surface area contributed by atoms with Crippen molar-refractivity contribution in [3.63, 3.8) is 0 Å². The van der Waals surface area contributed by atoms with E-state index in [1.165, 1.54) is 32.4 Å². The third kappa shape index (κ3) is 5.35. The number of carbonyl (C=O) groups excluding carboxylic acids is 2. The summed E-state index contributed by atoms with van der Waals surface area (Å²) < 4.78 is 32.8. The first-order valence-electron chi connectivity index (χ1n) is 5.93. The van der Waals surface area contributed by atoms with Gasteiger partial charge in [0.05, 0.1) is 31.4 Å². The zero-order valence-electron chi connectivity index (χ0n) is 11.6. The molecular formula is C13H15ClO6S. The molecule has 0 heterocycles. The second-order valence-electron chi connectivity index (χ2n) is 4.19. The van der Waals surface area contributed by atoms with E-state index < -0.39 is 33.1 Å². The van der Waals surface area contributed by atoms with Crippen molar-refractivity contribution in [2.45, 2.75) is 6.42 Å². The summed E-state index contributed by atoms with van der Waals surface area (Å²) >= 11 is 5.88. The van der Waals surface area contributed by atoms with E-state index in [-0.39, 0.29) is 17.0 Å². The highest BCUT2D eigenvalue weighted by atomic mass is 35.5. The highest BCUT2D eigenvalue weighted by Gasteiger charge is 2.20. The van der Waals surface area contributed by atoms with Gasteiger partial charge in [-0.1, -0.05) is 11.6 Å². The van der Waals surface area contributed by atoms with E-state index in [2.05, 4.69) is 4.74 Å². The summed E-state index contributed by atoms with van der Waals surface area (Å²) in [5.74, 6) is -1.97. The summed E-state index contributed by atoms with van der Waals surface area (Å²) in [6, 6.07) is 4.26. The fraction of sp³-hybridized carbons (Fsp3) is 0.385. The lowest BCUT2D eigenvalue weighted by Gasteiger charge is -2.06. The van der Waals surface area contributed by atoms with Crippen molar-refractivity contribution in [2.75, 3.05) is 25.7 Å². The lowest BCUT2D eigenvalue weighted by atomic mass is 10.1. The molecule has 8 heteroatoms. The molecule has 116 valence electrons. The van der Waals surface area contributed by atoms with Gasteiger partial charge in [0.2, 0.25) is 0 Å². The van der Waals surface area contributed by atoms with Gasteiger partial charge in [0.25, 0.3) is 0 Å². The Morgan fingerprint density at radius 2 is 1.90 bits per heavy atom. The Labute approximate surface area is 127 Å². The monoisotopic (exact) mass is 334 g/mol. The predicted molar refractivity (Wildman–Crippen MR) is 77.6 cm³/mol. The van der Waals surface area contributed by atoms with Crippen LogP contribution in [-0.2, 0) is 19.4 Å². The quantitative estimate of drug-likeness (QED) is 0.555. The molecule has 0 atom stereocenters. The number of Topliss-reactive ketones (excluding diaryl/α,β-unsaturated/α-hetero) is 1. The van der Waals surface area contributed by atoms with Crippen LogP contribution in [-0.4, -0.2) is 45.9 Å². The third-order valence-electron chi connectivity index (χ3n) is 2.67. The van der Waals surface area contributed by atoms with Crippen LogP contribution < -0.4 is 4.74 Å². The van der Waals surface area contributed by atoms with E-state index in [9.17, 15) is 18.0 Å². The zero-order valence-corrected chi connectivity index (χ0v) is 13.2. The minimum Gasteiger partial charge on any atom is -0.495 e. The van der Waals surface area contributed by atoms with Crippen molar-refractivity contribution in [3.8, 4) is 5.75 Å². The summed E-state index contributed by atoms with van der Waals surface area (Å²) in [6.07, 6.45) is -0.282. The molecule has 0 bridgehead atoms. The Balaban J connectivity index is 2.76. The molecular weight excluding hydrogens is 320 g/mol. The average molecular weight is 335 g/mol. The highest BCUT2D eigenvalue weighted by molar-refractivity contribution is 7.92. The van der Waals surface area contributed by atoms with Crippen molar-refractivity contribution >= 4 is 33.2 Å². The Morgan fingerprint density at radius 1 is 1.24 bits per heavy atom. The van der Waals surface area contributed by atoms with Crippen molar-refractivity contribution in [3.05, 3.63) is 28.8 Å². The second-order valence-corrected chi connectivity index (χ2v) is 6.78. The number of benzene rings is 1. The number of carbonyl (C=O) groups is 2. The van der Waals surface area contributed by atoms with Crippen LogP contribution in [0.15, 0.2) is 18.2 Å². The molecule has 1 aromatic rings. The van der Waals surface area contributed by atoms with Crippen LogP contribution in [0, 0.1) is 0 Å². The van der Waals surface area contributed by atoms with Gasteiger partial charge in [-0.25, -0.2) is 8.42 Å². The Kier molecular flexibility index (Phi) is 6.17. The number of ketones is 1. The predicted octanol–water partition coefficient (Wildman–Crippen LogP) is 1.51. The van der Waals surface area contributed by atoms with E-state index in [1.54, 1.807) is 0 Å². The number of hydrogen-bond donors (Lipinski definition) is 0.